The van der Waals surface area contributed by atoms with E-state index in [9.17, 15) is 4.79 Å². The molecule has 0 aromatic heterocycles. The molecule has 4 unspecified atom stereocenters. The number of amides is 1. The van der Waals surface area contributed by atoms with Gasteiger partial charge in [0.1, 0.15) is 6.10 Å². The highest BCUT2D eigenvalue weighted by Gasteiger charge is 2.36. The molecule has 0 aromatic carbocycles. The lowest BCUT2D eigenvalue weighted by Gasteiger charge is -2.36. The largest absolute Gasteiger partial charge is 0.368 e. The van der Waals surface area contributed by atoms with Crippen molar-refractivity contribution in [1.82, 2.24) is 4.90 Å². The minimum atomic E-state index is -0.187. The van der Waals surface area contributed by atoms with E-state index in [1.165, 1.54) is 0 Å². The van der Waals surface area contributed by atoms with Crippen molar-refractivity contribution in [3.63, 3.8) is 0 Å². The Morgan fingerprint density at radius 2 is 2.06 bits per heavy atom. The minimum absolute atomic E-state index is 0.187. The predicted octanol–water partition coefficient (Wildman–Crippen LogP) is 2.04. The Hall–Kier alpha value is -0.0900. The van der Waals surface area contributed by atoms with E-state index in [1.807, 2.05) is 4.90 Å². The van der Waals surface area contributed by atoms with Crippen molar-refractivity contribution in [3.05, 3.63) is 0 Å². The van der Waals surface area contributed by atoms with Crippen LogP contribution in [0.3, 0.4) is 0 Å². The highest BCUT2D eigenvalue weighted by Crippen LogP contribution is 2.27. The van der Waals surface area contributed by atoms with E-state index in [-0.39, 0.29) is 12.0 Å². The first-order valence-electron chi connectivity index (χ1n) is 6.14. The van der Waals surface area contributed by atoms with Crippen molar-refractivity contribution in [2.24, 2.45) is 11.8 Å². The molecule has 2 aliphatic rings. The van der Waals surface area contributed by atoms with Crippen LogP contribution in [0.25, 0.3) is 0 Å². The zero-order chi connectivity index (χ0) is 11.7. The van der Waals surface area contributed by atoms with Crippen molar-refractivity contribution >= 4 is 21.8 Å². The second-order valence-corrected chi connectivity index (χ2v) is 6.30. The summed E-state index contributed by atoms with van der Waals surface area (Å²) in [6, 6.07) is 0. The average Bonchev–Trinajstić information content (AvgIpc) is 2.67. The summed E-state index contributed by atoms with van der Waals surface area (Å²) in [7, 11) is 0. The Bertz CT molecular complexity index is 272. The molecule has 0 aliphatic carbocycles. The van der Waals surface area contributed by atoms with Crippen molar-refractivity contribution in [3.8, 4) is 0 Å². The van der Waals surface area contributed by atoms with Gasteiger partial charge in [-0.25, -0.2) is 0 Å². The summed E-state index contributed by atoms with van der Waals surface area (Å²) in [4.78, 5) is 14.6. The number of alkyl halides is 1. The van der Waals surface area contributed by atoms with Crippen LogP contribution in [0, 0.1) is 11.8 Å². The number of halogens is 1. The molecule has 0 bridgehead atoms. The zero-order valence-corrected chi connectivity index (χ0v) is 11.6. The summed E-state index contributed by atoms with van der Waals surface area (Å²) >= 11 is 3.65. The van der Waals surface area contributed by atoms with Gasteiger partial charge in [0.25, 0.3) is 5.91 Å². The molecule has 0 saturated carbocycles. The molecule has 3 nitrogen and oxygen atoms in total. The molecule has 0 N–H and O–H groups in total. The van der Waals surface area contributed by atoms with Gasteiger partial charge in [0.15, 0.2) is 0 Å². The molecule has 92 valence electrons. The lowest BCUT2D eigenvalue weighted by atomic mass is 9.97. The van der Waals surface area contributed by atoms with Crippen LogP contribution in [0.1, 0.15) is 26.7 Å². The Morgan fingerprint density at radius 1 is 1.31 bits per heavy atom. The second kappa shape index (κ2) is 5.05. The SMILES string of the molecule is CC1CCN(C(=O)C2OCCC2C)CC1Br. The molecule has 1 amide bonds. The fourth-order valence-electron chi connectivity index (χ4n) is 2.41. The Kier molecular flexibility index (Phi) is 3.90. The third-order valence-electron chi connectivity index (χ3n) is 3.81. The Labute approximate surface area is 106 Å². The van der Waals surface area contributed by atoms with Gasteiger partial charge in [-0.2, -0.15) is 0 Å². The first-order chi connectivity index (χ1) is 7.59. The third kappa shape index (κ3) is 2.43. The number of nitrogens with zero attached hydrogens (tertiary/aromatic N) is 1. The Morgan fingerprint density at radius 3 is 2.62 bits per heavy atom. The van der Waals surface area contributed by atoms with Gasteiger partial charge in [-0.1, -0.05) is 29.8 Å². The number of piperidine rings is 1. The van der Waals surface area contributed by atoms with E-state index >= 15 is 0 Å². The van der Waals surface area contributed by atoms with Gasteiger partial charge in [0.2, 0.25) is 0 Å². The third-order valence-corrected chi connectivity index (χ3v) is 5.00. The topological polar surface area (TPSA) is 29.5 Å². The van der Waals surface area contributed by atoms with Crippen molar-refractivity contribution < 1.29 is 9.53 Å². The summed E-state index contributed by atoms with van der Waals surface area (Å²) in [5.41, 5.74) is 0. The summed E-state index contributed by atoms with van der Waals surface area (Å²) in [6.45, 7) is 6.78. The molecular weight excluding hydrogens is 270 g/mol. The number of carbonyl (C=O) groups excluding carboxylic acids is 1. The highest BCUT2D eigenvalue weighted by atomic mass is 79.9. The number of hydrogen-bond donors (Lipinski definition) is 0. The molecule has 0 radical (unpaired) electrons. The molecule has 2 heterocycles. The first kappa shape index (κ1) is 12.4. The molecule has 2 fully saturated rings. The van der Waals surface area contributed by atoms with Crippen molar-refractivity contribution in [2.75, 3.05) is 19.7 Å². The Balaban J connectivity index is 1.95. The summed E-state index contributed by atoms with van der Waals surface area (Å²) in [5, 5.41) is 0. The van der Waals surface area contributed by atoms with E-state index in [1.54, 1.807) is 0 Å². The standard InChI is InChI=1S/C12H20BrNO2/c1-8-3-5-14(7-10(8)13)12(15)11-9(2)4-6-16-11/h8-11H,3-7H2,1-2H3. The normalized spacial score (nSPS) is 40.1. The maximum absolute atomic E-state index is 12.2. The van der Waals surface area contributed by atoms with Crippen LogP contribution >= 0.6 is 15.9 Å². The van der Waals surface area contributed by atoms with Crippen LogP contribution in [-0.4, -0.2) is 41.4 Å². The van der Waals surface area contributed by atoms with E-state index < -0.39 is 0 Å². The van der Waals surface area contributed by atoms with Crippen LogP contribution in [0.5, 0.6) is 0 Å². The van der Waals surface area contributed by atoms with Crippen LogP contribution in [-0.2, 0) is 9.53 Å². The molecule has 2 aliphatic heterocycles. The molecule has 0 spiro atoms. The number of hydrogen-bond acceptors (Lipinski definition) is 2. The van der Waals surface area contributed by atoms with Crippen LogP contribution in [0.4, 0.5) is 0 Å². The first-order valence-corrected chi connectivity index (χ1v) is 7.05. The van der Waals surface area contributed by atoms with Gasteiger partial charge in [-0.3, -0.25) is 4.79 Å². The number of carbonyl (C=O) groups is 1. The van der Waals surface area contributed by atoms with Crippen LogP contribution < -0.4 is 0 Å². The summed E-state index contributed by atoms with van der Waals surface area (Å²) in [6.07, 6.45) is 1.91. The fourth-order valence-corrected chi connectivity index (χ4v) is 3.03. The molecular formula is C12H20BrNO2. The monoisotopic (exact) mass is 289 g/mol. The number of likely N-dealkylation sites (tertiary alicyclic amines) is 1. The van der Waals surface area contributed by atoms with Gasteiger partial charge in [-0.05, 0) is 24.7 Å². The highest BCUT2D eigenvalue weighted by molar-refractivity contribution is 9.09. The van der Waals surface area contributed by atoms with E-state index in [0.717, 1.165) is 32.5 Å². The van der Waals surface area contributed by atoms with Gasteiger partial charge >= 0.3 is 0 Å². The lowest BCUT2D eigenvalue weighted by molar-refractivity contribution is -0.143. The van der Waals surface area contributed by atoms with Crippen molar-refractivity contribution in [2.45, 2.75) is 37.6 Å². The number of ether oxygens (including phenoxy) is 1. The van der Waals surface area contributed by atoms with Crippen LogP contribution in [0.2, 0.25) is 0 Å². The van der Waals surface area contributed by atoms with Gasteiger partial charge < -0.3 is 9.64 Å². The lowest BCUT2D eigenvalue weighted by Crippen LogP contribution is -2.48. The van der Waals surface area contributed by atoms with Crippen molar-refractivity contribution in [1.29, 1.82) is 0 Å². The molecule has 4 atom stereocenters. The molecule has 0 aromatic rings. The van der Waals surface area contributed by atoms with Gasteiger partial charge in [-0.15, -0.1) is 0 Å². The summed E-state index contributed by atoms with van der Waals surface area (Å²) in [5.74, 6) is 1.23. The molecule has 2 rings (SSSR count). The van der Waals surface area contributed by atoms with Gasteiger partial charge in [0.05, 0.1) is 0 Å². The molecule has 16 heavy (non-hydrogen) atoms. The van der Waals surface area contributed by atoms with Gasteiger partial charge in [0, 0.05) is 24.5 Å². The average molecular weight is 290 g/mol. The number of rotatable bonds is 1. The van der Waals surface area contributed by atoms with E-state index in [4.69, 9.17) is 4.74 Å². The maximum Gasteiger partial charge on any atom is 0.252 e. The summed E-state index contributed by atoms with van der Waals surface area (Å²) < 4.78 is 5.54. The smallest absolute Gasteiger partial charge is 0.252 e. The van der Waals surface area contributed by atoms with E-state index in [0.29, 0.717) is 16.7 Å². The minimum Gasteiger partial charge on any atom is -0.368 e. The molecule has 4 heteroatoms. The van der Waals surface area contributed by atoms with Crippen LogP contribution in [0.15, 0.2) is 0 Å². The fraction of sp³-hybridized carbons (Fsp3) is 0.917. The van der Waals surface area contributed by atoms with E-state index in [2.05, 4.69) is 29.8 Å². The second-order valence-electron chi connectivity index (χ2n) is 5.12. The quantitative estimate of drug-likeness (QED) is 0.692. The zero-order valence-electron chi connectivity index (χ0n) is 9.99. The maximum atomic E-state index is 12.2. The predicted molar refractivity (Wildman–Crippen MR) is 66.6 cm³/mol. The molecule has 2 saturated heterocycles.